The largest absolute Gasteiger partial charge is 0.486 e. The highest BCUT2D eigenvalue weighted by atomic mass is 32.2. The molecule has 0 atom stereocenters. The molecule has 1 heterocycles. The molecule has 154 valence electrons. The minimum atomic E-state index is -4.38. The number of hydrogen-bond acceptors (Lipinski definition) is 6. The molecule has 7 nitrogen and oxygen atoms in total. The summed E-state index contributed by atoms with van der Waals surface area (Å²) in [6.45, 7) is -0.974. The van der Waals surface area contributed by atoms with Gasteiger partial charge in [0.25, 0.3) is 16.4 Å². The van der Waals surface area contributed by atoms with Crippen LogP contribution in [0, 0.1) is 0 Å². The van der Waals surface area contributed by atoms with Gasteiger partial charge in [0.2, 0.25) is 0 Å². The zero-order valence-corrected chi connectivity index (χ0v) is 16.4. The van der Waals surface area contributed by atoms with Crippen LogP contribution in [0.3, 0.4) is 0 Å². The number of benzene rings is 2. The Morgan fingerprint density at radius 3 is 2.59 bits per heavy atom. The Morgan fingerprint density at radius 2 is 1.90 bits per heavy atom. The molecule has 3 aromatic rings. The fourth-order valence-electron chi connectivity index (χ4n) is 2.58. The van der Waals surface area contributed by atoms with Crippen LogP contribution in [0.4, 0.5) is 14.5 Å². The van der Waals surface area contributed by atoms with Crippen LogP contribution in [0.1, 0.15) is 10.6 Å². The fourth-order valence-corrected chi connectivity index (χ4v) is 3.69. The zero-order valence-electron chi connectivity index (χ0n) is 15.6. The average Bonchev–Trinajstić information content (AvgIpc) is 3.09. The first-order valence-electron chi connectivity index (χ1n) is 8.45. The van der Waals surface area contributed by atoms with Crippen molar-refractivity contribution in [3.05, 3.63) is 54.3 Å². The molecule has 0 aliphatic rings. The number of ether oxygens (including phenoxy) is 1. The lowest BCUT2D eigenvalue weighted by molar-refractivity contribution is 0.0803. The highest BCUT2D eigenvalue weighted by Crippen LogP contribution is 2.26. The van der Waals surface area contributed by atoms with Crippen LogP contribution in [0.15, 0.2) is 57.8 Å². The van der Waals surface area contributed by atoms with Crippen molar-refractivity contribution >= 4 is 32.6 Å². The van der Waals surface area contributed by atoms with Crippen molar-refractivity contribution in [2.24, 2.45) is 0 Å². The van der Waals surface area contributed by atoms with Crippen LogP contribution in [-0.2, 0) is 10.0 Å². The number of rotatable bonds is 7. The number of fused-ring (bicyclic) bond motifs is 1. The second-order valence-corrected chi connectivity index (χ2v) is 7.96. The van der Waals surface area contributed by atoms with Crippen LogP contribution in [0.5, 0.6) is 5.75 Å². The molecule has 0 spiro atoms. The third kappa shape index (κ3) is 4.65. The van der Waals surface area contributed by atoms with E-state index in [1.54, 1.807) is 12.1 Å². The second-order valence-electron chi connectivity index (χ2n) is 6.31. The van der Waals surface area contributed by atoms with Gasteiger partial charge in [0.15, 0.2) is 5.76 Å². The number of hydrogen-bond donors (Lipinski definition) is 1. The SMILES string of the molecule is CN(C)c1ccc2cc(C(=O)NS(=O)(=O)c3ccccc3OCC(F)F)oc2c1. The standard InChI is InChI=1S/C19H18F2N2O5S/c1-23(2)13-8-7-12-9-16(28-15(12)10-13)19(24)22-29(25,26)17-6-4-3-5-14(17)27-11-18(20)21/h3-10,18H,11H2,1-2H3,(H,22,24). The van der Waals surface area contributed by atoms with Crippen LogP contribution in [-0.4, -0.2) is 41.5 Å². The first-order chi connectivity index (χ1) is 13.7. The van der Waals surface area contributed by atoms with Gasteiger partial charge in [0.05, 0.1) is 0 Å². The predicted octanol–water partition coefficient (Wildman–Crippen LogP) is 3.26. The van der Waals surface area contributed by atoms with Gasteiger partial charge in [-0.3, -0.25) is 4.79 Å². The maximum atomic E-state index is 12.6. The lowest BCUT2D eigenvalue weighted by Gasteiger charge is -2.12. The monoisotopic (exact) mass is 424 g/mol. The lowest BCUT2D eigenvalue weighted by atomic mass is 10.2. The summed E-state index contributed by atoms with van der Waals surface area (Å²) in [6.07, 6.45) is -2.78. The molecular formula is C19H18F2N2O5S. The van der Waals surface area contributed by atoms with E-state index >= 15 is 0 Å². The Hall–Kier alpha value is -3.14. The van der Waals surface area contributed by atoms with E-state index in [1.807, 2.05) is 29.8 Å². The highest BCUT2D eigenvalue weighted by Gasteiger charge is 2.25. The summed E-state index contributed by atoms with van der Waals surface area (Å²) in [4.78, 5) is 13.9. The molecule has 0 bridgehead atoms. The van der Waals surface area contributed by atoms with Crippen molar-refractivity contribution in [2.75, 3.05) is 25.6 Å². The summed E-state index contributed by atoms with van der Waals surface area (Å²) in [7, 11) is -0.693. The van der Waals surface area contributed by atoms with E-state index in [9.17, 15) is 22.0 Å². The molecule has 0 saturated heterocycles. The number of nitrogens with one attached hydrogen (secondary N) is 1. The average molecular weight is 424 g/mol. The Labute approximate surface area is 165 Å². The van der Waals surface area contributed by atoms with Crippen LogP contribution < -0.4 is 14.4 Å². The first kappa shape index (κ1) is 20.6. The highest BCUT2D eigenvalue weighted by molar-refractivity contribution is 7.90. The van der Waals surface area contributed by atoms with Crippen LogP contribution >= 0.6 is 0 Å². The van der Waals surface area contributed by atoms with Gasteiger partial charge in [0.1, 0.15) is 22.8 Å². The molecule has 0 radical (unpaired) electrons. The number of carbonyl (C=O) groups excluding carboxylic acids is 1. The Balaban J connectivity index is 1.86. The van der Waals surface area contributed by atoms with Gasteiger partial charge in [-0.05, 0) is 30.3 Å². The lowest BCUT2D eigenvalue weighted by Crippen LogP contribution is -2.30. The van der Waals surface area contributed by atoms with E-state index < -0.39 is 33.9 Å². The van der Waals surface area contributed by atoms with Gasteiger partial charge in [-0.15, -0.1) is 0 Å². The summed E-state index contributed by atoms with van der Waals surface area (Å²) in [5.41, 5.74) is 1.26. The number of halogens is 2. The molecule has 3 rings (SSSR count). The minimum Gasteiger partial charge on any atom is -0.486 e. The molecule has 29 heavy (non-hydrogen) atoms. The molecular weight excluding hydrogens is 406 g/mol. The number of para-hydroxylation sites is 1. The van der Waals surface area contributed by atoms with Crippen LogP contribution in [0.2, 0.25) is 0 Å². The van der Waals surface area contributed by atoms with Gasteiger partial charge >= 0.3 is 5.91 Å². The number of carbonyl (C=O) groups is 1. The van der Waals surface area contributed by atoms with E-state index in [0.717, 1.165) is 11.8 Å². The third-order valence-corrected chi connectivity index (χ3v) is 5.34. The summed E-state index contributed by atoms with van der Waals surface area (Å²) in [5.74, 6) is -1.48. The fraction of sp³-hybridized carbons (Fsp3) is 0.211. The van der Waals surface area contributed by atoms with E-state index in [0.29, 0.717) is 11.0 Å². The minimum absolute atomic E-state index is 0.203. The molecule has 0 aliphatic carbocycles. The molecule has 1 N–H and O–H groups in total. The van der Waals surface area contributed by atoms with Gasteiger partial charge in [-0.25, -0.2) is 21.9 Å². The number of anilines is 1. The van der Waals surface area contributed by atoms with Crippen molar-refractivity contribution in [1.29, 1.82) is 0 Å². The molecule has 1 aromatic heterocycles. The summed E-state index contributed by atoms with van der Waals surface area (Å²) < 4.78 is 62.2. The van der Waals surface area contributed by atoms with Crippen molar-refractivity contribution in [1.82, 2.24) is 4.72 Å². The molecule has 2 aromatic carbocycles. The van der Waals surface area contributed by atoms with Gasteiger partial charge < -0.3 is 14.1 Å². The van der Waals surface area contributed by atoms with Crippen molar-refractivity contribution in [3.8, 4) is 5.75 Å². The maximum absolute atomic E-state index is 12.6. The summed E-state index contributed by atoms with van der Waals surface area (Å²) >= 11 is 0. The van der Waals surface area contributed by atoms with Gasteiger partial charge in [-0.1, -0.05) is 12.1 Å². The number of sulfonamides is 1. The number of alkyl halides is 2. The van der Waals surface area contributed by atoms with E-state index in [2.05, 4.69) is 0 Å². The van der Waals surface area contributed by atoms with E-state index in [1.165, 1.54) is 24.3 Å². The zero-order chi connectivity index (χ0) is 21.2. The van der Waals surface area contributed by atoms with Crippen molar-refractivity contribution < 1.29 is 31.1 Å². The molecule has 1 amide bonds. The number of nitrogens with zero attached hydrogens (tertiary/aromatic N) is 1. The molecule has 0 fully saturated rings. The molecule has 0 aliphatic heterocycles. The van der Waals surface area contributed by atoms with E-state index in [-0.39, 0.29) is 11.5 Å². The normalized spacial score (nSPS) is 11.6. The smallest absolute Gasteiger partial charge is 0.300 e. The Kier molecular flexibility index (Phi) is 5.73. The van der Waals surface area contributed by atoms with Crippen molar-refractivity contribution in [3.63, 3.8) is 0 Å². The molecule has 10 heteroatoms. The van der Waals surface area contributed by atoms with Gasteiger partial charge in [-0.2, -0.15) is 0 Å². The number of furan rings is 1. The topological polar surface area (TPSA) is 88.9 Å². The Bertz CT molecular complexity index is 1140. The third-order valence-electron chi connectivity index (χ3n) is 3.97. The summed E-state index contributed by atoms with van der Waals surface area (Å²) in [6, 6.07) is 11.9. The second kappa shape index (κ2) is 8.08. The molecule has 0 unspecified atom stereocenters. The summed E-state index contributed by atoms with van der Waals surface area (Å²) in [5, 5.41) is 0.624. The van der Waals surface area contributed by atoms with E-state index in [4.69, 9.17) is 9.15 Å². The van der Waals surface area contributed by atoms with Crippen molar-refractivity contribution in [2.45, 2.75) is 11.3 Å². The quantitative estimate of drug-likeness (QED) is 0.626. The molecule has 0 saturated carbocycles. The van der Waals surface area contributed by atoms with Gasteiger partial charge in [0, 0.05) is 31.2 Å². The maximum Gasteiger partial charge on any atom is 0.300 e. The van der Waals surface area contributed by atoms with Crippen LogP contribution in [0.25, 0.3) is 11.0 Å². The predicted molar refractivity (Wildman–Crippen MR) is 103 cm³/mol. The number of amides is 1. The Morgan fingerprint density at radius 1 is 1.17 bits per heavy atom. The first-order valence-corrected chi connectivity index (χ1v) is 9.94.